The van der Waals surface area contributed by atoms with Gasteiger partial charge in [0, 0.05) is 29.7 Å². The molecule has 2 nitrogen and oxygen atoms in total. The molecular weight excluding hydrogens is 249 g/mol. The molecular formula is C11H9ClFNOS. The van der Waals surface area contributed by atoms with Crippen molar-refractivity contribution in [2.75, 3.05) is 6.61 Å². The molecule has 1 aromatic heterocycles. The first-order valence-corrected chi connectivity index (χ1v) is 5.91. The van der Waals surface area contributed by atoms with Crippen LogP contribution in [0.4, 0.5) is 4.39 Å². The Morgan fingerprint density at radius 3 is 2.94 bits per heavy atom. The van der Waals surface area contributed by atoms with Gasteiger partial charge in [-0.3, -0.25) is 0 Å². The third kappa shape index (κ3) is 2.40. The lowest BCUT2D eigenvalue weighted by molar-refractivity contribution is 0.300. The molecule has 0 aliphatic carbocycles. The Kier molecular flexibility index (Phi) is 3.53. The molecule has 0 atom stereocenters. The zero-order valence-corrected chi connectivity index (χ0v) is 9.85. The average molecular weight is 258 g/mol. The average Bonchev–Trinajstić information content (AvgIpc) is 2.71. The van der Waals surface area contributed by atoms with Gasteiger partial charge in [0.25, 0.3) is 0 Å². The van der Waals surface area contributed by atoms with Gasteiger partial charge in [-0.15, -0.1) is 11.3 Å². The number of hydrogen-bond donors (Lipinski definition) is 1. The quantitative estimate of drug-likeness (QED) is 0.916. The maximum atomic E-state index is 13.0. The normalized spacial score (nSPS) is 10.7. The Bertz CT molecular complexity index is 500. The maximum absolute atomic E-state index is 13.0. The molecule has 0 fully saturated rings. The Labute approximate surface area is 101 Å². The van der Waals surface area contributed by atoms with Crippen molar-refractivity contribution in [1.82, 2.24) is 4.98 Å². The number of nitrogens with zero attached hydrogens (tertiary/aromatic N) is 1. The fraction of sp³-hybridized carbons (Fsp3) is 0.182. The van der Waals surface area contributed by atoms with Crippen molar-refractivity contribution in [2.24, 2.45) is 0 Å². The van der Waals surface area contributed by atoms with Gasteiger partial charge in [-0.1, -0.05) is 11.6 Å². The van der Waals surface area contributed by atoms with Crippen molar-refractivity contribution in [1.29, 1.82) is 0 Å². The van der Waals surface area contributed by atoms with Crippen LogP contribution in [0.2, 0.25) is 5.02 Å². The highest BCUT2D eigenvalue weighted by atomic mass is 35.5. The molecule has 2 aromatic rings. The van der Waals surface area contributed by atoms with Crippen LogP contribution in [-0.2, 0) is 6.42 Å². The van der Waals surface area contributed by atoms with E-state index in [0.717, 1.165) is 15.4 Å². The fourth-order valence-electron chi connectivity index (χ4n) is 1.30. The summed E-state index contributed by atoms with van der Waals surface area (Å²) in [5, 5.41) is 9.66. The van der Waals surface area contributed by atoms with Gasteiger partial charge in [0.05, 0.1) is 5.02 Å². The van der Waals surface area contributed by atoms with Crippen molar-refractivity contribution >= 4 is 22.9 Å². The number of rotatable bonds is 3. The summed E-state index contributed by atoms with van der Waals surface area (Å²) in [5.74, 6) is -0.433. The molecule has 84 valence electrons. The van der Waals surface area contributed by atoms with Crippen molar-refractivity contribution < 1.29 is 9.50 Å². The summed E-state index contributed by atoms with van der Waals surface area (Å²) in [6.07, 6.45) is 2.31. The van der Waals surface area contributed by atoms with Crippen LogP contribution in [0.15, 0.2) is 24.4 Å². The van der Waals surface area contributed by atoms with Crippen molar-refractivity contribution in [2.45, 2.75) is 6.42 Å². The molecule has 0 saturated heterocycles. The van der Waals surface area contributed by atoms with Gasteiger partial charge in [-0.05, 0) is 18.2 Å². The minimum absolute atomic E-state index is 0.0939. The van der Waals surface area contributed by atoms with Crippen LogP contribution >= 0.6 is 22.9 Å². The molecule has 0 saturated carbocycles. The van der Waals surface area contributed by atoms with E-state index < -0.39 is 5.82 Å². The SMILES string of the molecule is OCCc1cnc(-c2ccc(F)c(Cl)c2)s1. The molecule has 16 heavy (non-hydrogen) atoms. The van der Waals surface area contributed by atoms with E-state index in [1.807, 2.05) is 0 Å². The highest BCUT2D eigenvalue weighted by Gasteiger charge is 2.07. The Balaban J connectivity index is 2.31. The van der Waals surface area contributed by atoms with Gasteiger partial charge in [0.1, 0.15) is 10.8 Å². The summed E-state index contributed by atoms with van der Waals surface area (Å²) >= 11 is 7.17. The van der Waals surface area contributed by atoms with Crippen LogP contribution in [0.3, 0.4) is 0 Å². The summed E-state index contributed by atoms with van der Waals surface area (Å²) in [6, 6.07) is 4.52. The summed E-state index contributed by atoms with van der Waals surface area (Å²) < 4.78 is 13.0. The van der Waals surface area contributed by atoms with Crippen molar-refractivity contribution in [3.63, 3.8) is 0 Å². The van der Waals surface area contributed by atoms with E-state index in [4.69, 9.17) is 16.7 Å². The number of halogens is 2. The van der Waals surface area contributed by atoms with Crippen LogP contribution < -0.4 is 0 Å². The summed E-state index contributed by atoms with van der Waals surface area (Å²) in [6.45, 7) is 0.103. The summed E-state index contributed by atoms with van der Waals surface area (Å²) in [5.41, 5.74) is 0.792. The fourth-order valence-corrected chi connectivity index (χ4v) is 2.37. The van der Waals surface area contributed by atoms with E-state index in [9.17, 15) is 4.39 Å². The summed E-state index contributed by atoms with van der Waals surface area (Å²) in [7, 11) is 0. The van der Waals surface area contributed by atoms with Gasteiger partial charge in [-0.25, -0.2) is 9.37 Å². The first-order chi connectivity index (χ1) is 7.70. The Morgan fingerprint density at radius 1 is 1.44 bits per heavy atom. The van der Waals surface area contributed by atoms with E-state index in [2.05, 4.69) is 4.98 Å². The zero-order chi connectivity index (χ0) is 11.5. The lowest BCUT2D eigenvalue weighted by Gasteiger charge is -1.98. The predicted octanol–water partition coefficient (Wildman–Crippen LogP) is 3.14. The van der Waals surface area contributed by atoms with Crippen LogP contribution in [0, 0.1) is 5.82 Å². The topological polar surface area (TPSA) is 33.1 Å². The first kappa shape index (κ1) is 11.5. The first-order valence-electron chi connectivity index (χ1n) is 4.71. The molecule has 5 heteroatoms. The second-order valence-corrected chi connectivity index (χ2v) is 4.76. The second kappa shape index (κ2) is 4.91. The van der Waals surface area contributed by atoms with Crippen molar-refractivity contribution in [3.05, 3.63) is 40.1 Å². The van der Waals surface area contributed by atoms with Gasteiger partial charge < -0.3 is 5.11 Å². The predicted molar refractivity (Wildman–Crippen MR) is 63.3 cm³/mol. The Hall–Kier alpha value is -0.970. The van der Waals surface area contributed by atoms with E-state index in [1.165, 1.54) is 17.4 Å². The van der Waals surface area contributed by atoms with Gasteiger partial charge in [0.15, 0.2) is 0 Å². The van der Waals surface area contributed by atoms with Gasteiger partial charge in [0.2, 0.25) is 0 Å². The monoisotopic (exact) mass is 257 g/mol. The van der Waals surface area contributed by atoms with Crippen LogP contribution in [0.25, 0.3) is 10.6 Å². The molecule has 1 N–H and O–H groups in total. The number of thiazole rings is 1. The van der Waals surface area contributed by atoms with Gasteiger partial charge in [-0.2, -0.15) is 0 Å². The van der Waals surface area contributed by atoms with Crippen LogP contribution in [0.5, 0.6) is 0 Å². The lowest BCUT2D eigenvalue weighted by Crippen LogP contribution is -1.84. The minimum Gasteiger partial charge on any atom is -0.396 e. The molecule has 0 spiro atoms. The molecule has 1 aromatic carbocycles. The number of hydrogen-bond acceptors (Lipinski definition) is 3. The minimum atomic E-state index is -0.433. The van der Waals surface area contributed by atoms with Gasteiger partial charge >= 0.3 is 0 Å². The van der Waals surface area contributed by atoms with E-state index in [1.54, 1.807) is 18.3 Å². The third-order valence-electron chi connectivity index (χ3n) is 2.08. The van der Waals surface area contributed by atoms with E-state index in [-0.39, 0.29) is 11.6 Å². The molecule has 0 bridgehead atoms. The molecule has 0 aliphatic heterocycles. The molecule has 1 heterocycles. The highest BCUT2D eigenvalue weighted by molar-refractivity contribution is 7.15. The molecule has 0 unspecified atom stereocenters. The number of benzene rings is 1. The molecule has 0 amide bonds. The smallest absolute Gasteiger partial charge is 0.141 e. The zero-order valence-electron chi connectivity index (χ0n) is 8.28. The number of aliphatic hydroxyl groups is 1. The largest absolute Gasteiger partial charge is 0.396 e. The van der Waals surface area contributed by atoms with Crippen molar-refractivity contribution in [3.8, 4) is 10.6 Å². The second-order valence-electron chi connectivity index (χ2n) is 3.23. The van der Waals surface area contributed by atoms with E-state index >= 15 is 0 Å². The molecule has 0 radical (unpaired) electrons. The van der Waals surface area contributed by atoms with Crippen LogP contribution in [-0.4, -0.2) is 16.7 Å². The third-order valence-corrected chi connectivity index (χ3v) is 3.47. The lowest BCUT2D eigenvalue weighted by atomic mass is 10.2. The maximum Gasteiger partial charge on any atom is 0.141 e. The molecule has 2 rings (SSSR count). The molecule has 0 aliphatic rings. The number of aliphatic hydroxyl groups excluding tert-OH is 1. The standard InChI is InChI=1S/C11H9ClFNOS/c12-9-5-7(1-2-10(9)13)11-14-6-8(16-11)3-4-15/h1-2,5-6,15H,3-4H2. The van der Waals surface area contributed by atoms with E-state index in [0.29, 0.717) is 6.42 Å². The highest BCUT2D eigenvalue weighted by Crippen LogP contribution is 2.28. The summed E-state index contributed by atoms with van der Waals surface area (Å²) in [4.78, 5) is 5.20. The number of aromatic nitrogens is 1. The van der Waals surface area contributed by atoms with Crippen LogP contribution in [0.1, 0.15) is 4.88 Å². The Morgan fingerprint density at radius 2 is 2.25 bits per heavy atom.